The number of amides is 1. The lowest BCUT2D eigenvalue weighted by atomic mass is 9.97. The maximum Gasteiger partial charge on any atom is 0.309 e. The van der Waals surface area contributed by atoms with Gasteiger partial charge in [-0.1, -0.05) is 0 Å². The number of likely N-dealkylation sites (N-methyl/N-ethyl adjacent to an activating group) is 1. The van der Waals surface area contributed by atoms with Gasteiger partial charge >= 0.3 is 5.97 Å². The van der Waals surface area contributed by atoms with Crippen molar-refractivity contribution in [2.75, 3.05) is 32.2 Å². The molecule has 0 aromatic heterocycles. The molecule has 0 spiro atoms. The number of carbonyl (C=O) groups is 2. The molecule has 0 radical (unpaired) electrons. The zero-order chi connectivity index (χ0) is 18.0. The van der Waals surface area contributed by atoms with E-state index in [-0.39, 0.29) is 24.4 Å². The van der Waals surface area contributed by atoms with Gasteiger partial charge in [0.2, 0.25) is 5.91 Å². The lowest BCUT2D eigenvalue weighted by molar-refractivity contribution is -0.147. The van der Waals surface area contributed by atoms with Crippen LogP contribution in [0.4, 0.5) is 10.1 Å². The van der Waals surface area contributed by atoms with Crippen LogP contribution in [0, 0.1) is 11.7 Å². The Bertz CT molecular complexity index is 686. The minimum atomic E-state index is -0.789. The number of esters is 1. The largest absolute Gasteiger partial charge is 0.466 e. The van der Waals surface area contributed by atoms with E-state index in [4.69, 9.17) is 9.47 Å². The van der Waals surface area contributed by atoms with Crippen LogP contribution in [0.15, 0.2) is 12.1 Å². The first-order valence-corrected chi connectivity index (χ1v) is 8.55. The summed E-state index contributed by atoms with van der Waals surface area (Å²) in [5.41, 5.74) is 0.883. The second-order valence-electron chi connectivity index (χ2n) is 6.54. The zero-order valence-corrected chi connectivity index (χ0v) is 14.5. The summed E-state index contributed by atoms with van der Waals surface area (Å²) < 4.78 is 24.8. The molecule has 1 amide bonds. The maximum atomic E-state index is 14.4. The fourth-order valence-electron chi connectivity index (χ4n) is 3.49. The lowest BCUT2D eigenvalue weighted by Crippen LogP contribution is -2.53. The molecule has 136 valence electrons. The molecule has 1 aromatic carbocycles. The SMILES string of the molecule is CCOC(=O)C1Cc2cc(NC(=O)[C@@]3(NC)CCOC3)cc(F)c2C1. The molecule has 25 heavy (non-hydrogen) atoms. The van der Waals surface area contributed by atoms with E-state index in [1.165, 1.54) is 6.07 Å². The van der Waals surface area contributed by atoms with E-state index in [1.807, 2.05) is 0 Å². The third kappa shape index (κ3) is 3.39. The number of anilines is 1. The Morgan fingerprint density at radius 2 is 2.20 bits per heavy atom. The summed E-state index contributed by atoms with van der Waals surface area (Å²) in [6.45, 7) is 2.85. The van der Waals surface area contributed by atoms with Gasteiger partial charge < -0.3 is 20.1 Å². The highest BCUT2D eigenvalue weighted by atomic mass is 19.1. The van der Waals surface area contributed by atoms with Crippen molar-refractivity contribution in [2.45, 2.75) is 31.7 Å². The summed E-state index contributed by atoms with van der Waals surface area (Å²) in [6, 6.07) is 3.05. The monoisotopic (exact) mass is 350 g/mol. The van der Waals surface area contributed by atoms with Crippen molar-refractivity contribution < 1.29 is 23.5 Å². The first-order chi connectivity index (χ1) is 12.0. The maximum absolute atomic E-state index is 14.4. The first kappa shape index (κ1) is 17.8. The van der Waals surface area contributed by atoms with E-state index in [1.54, 1.807) is 20.0 Å². The van der Waals surface area contributed by atoms with Gasteiger partial charge in [0.1, 0.15) is 11.4 Å². The number of hydrogen-bond donors (Lipinski definition) is 2. The second-order valence-corrected chi connectivity index (χ2v) is 6.54. The predicted molar refractivity (Wildman–Crippen MR) is 89.8 cm³/mol. The highest BCUT2D eigenvalue weighted by Crippen LogP contribution is 2.33. The standard InChI is InChI=1S/C18H23FN2O4/c1-3-25-16(22)12-6-11-7-13(9-15(19)14(11)8-12)21-17(23)18(20-2)4-5-24-10-18/h7,9,12,20H,3-6,8,10H2,1-2H3,(H,21,23)/t12?,18-/m1/s1. The Balaban J connectivity index is 1.76. The molecule has 1 heterocycles. The minimum Gasteiger partial charge on any atom is -0.466 e. The van der Waals surface area contributed by atoms with Gasteiger partial charge in [0.15, 0.2) is 0 Å². The van der Waals surface area contributed by atoms with Gasteiger partial charge in [0.25, 0.3) is 0 Å². The van der Waals surface area contributed by atoms with Gasteiger partial charge in [0, 0.05) is 18.7 Å². The molecule has 2 N–H and O–H groups in total. The molecule has 1 saturated heterocycles. The van der Waals surface area contributed by atoms with E-state index in [0.29, 0.717) is 43.7 Å². The summed E-state index contributed by atoms with van der Waals surface area (Å²) in [7, 11) is 1.71. The number of halogens is 1. The van der Waals surface area contributed by atoms with E-state index in [2.05, 4.69) is 10.6 Å². The number of rotatable bonds is 5. The summed E-state index contributed by atoms with van der Waals surface area (Å²) in [5, 5.41) is 5.79. The molecule has 3 rings (SSSR count). The smallest absolute Gasteiger partial charge is 0.309 e. The van der Waals surface area contributed by atoms with E-state index in [9.17, 15) is 14.0 Å². The van der Waals surface area contributed by atoms with Gasteiger partial charge in [-0.2, -0.15) is 0 Å². The normalized spacial score (nSPS) is 24.8. The number of nitrogens with one attached hydrogen (secondary N) is 2. The van der Waals surface area contributed by atoms with Crippen LogP contribution in [0.5, 0.6) is 0 Å². The Hall–Kier alpha value is -1.99. The van der Waals surface area contributed by atoms with Crippen LogP contribution >= 0.6 is 0 Å². The molecule has 2 aliphatic rings. The molecule has 0 bridgehead atoms. The Kier molecular flexibility index (Phi) is 5.06. The molecular weight excluding hydrogens is 327 g/mol. The average molecular weight is 350 g/mol. The Labute approximate surface area is 146 Å². The topological polar surface area (TPSA) is 76.7 Å². The third-order valence-corrected chi connectivity index (χ3v) is 5.02. The zero-order valence-electron chi connectivity index (χ0n) is 14.5. The highest BCUT2D eigenvalue weighted by Gasteiger charge is 2.41. The van der Waals surface area contributed by atoms with E-state index >= 15 is 0 Å². The van der Waals surface area contributed by atoms with Crippen molar-refractivity contribution in [3.63, 3.8) is 0 Å². The Morgan fingerprint density at radius 1 is 1.40 bits per heavy atom. The van der Waals surface area contributed by atoms with Crippen LogP contribution < -0.4 is 10.6 Å². The number of carbonyl (C=O) groups excluding carboxylic acids is 2. The van der Waals surface area contributed by atoms with Crippen LogP contribution in [0.2, 0.25) is 0 Å². The first-order valence-electron chi connectivity index (χ1n) is 8.55. The fourth-order valence-corrected chi connectivity index (χ4v) is 3.49. The number of fused-ring (bicyclic) bond motifs is 1. The summed E-state index contributed by atoms with van der Waals surface area (Å²) in [6.07, 6.45) is 1.32. The van der Waals surface area contributed by atoms with Crippen LogP contribution in [-0.2, 0) is 31.9 Å². The van der Waals surface area contributed by atoms with Gasteiger partial charge in [-0.05, 0) is 50.1 Å². The lowest BCUT2D eigenvalue weighted by Gasteiger charge is -2.25. The Morgan fingerprint density at radius 3 is 2.84 bits per heavy atom. The molecule has 2 atom stereocenters. The van der Waals surface area contributed by atoms with Crippen molar-refractivity contribution in [3.8, 4) is 0 Å². The molecule has 7 heteroatoms. The van der Waals surface area contributed by atoms with Crippen LogP contribution in [0.3, 0.4) is 0 Å². The van der Waals surface area contributed by atoms with Gasteiger partial charge in [-0.3, -0.25) is 9.59 Å². The molecule has 1 aliphatic heterocycles. The van der Waals surface area contributed by atoms with Crippen LogP contribution in [-0.4, -0.2) is 44.3 Å². The highest BCUT2D eigenvalue weighted by molar-refractivity contribution is 5.98. The number of hydrogen-bond acceptors (Lipinski definition) is 5. The summed E-state index contributed by atoms with van der Waals surface area (Å²) in [5.74, 6) is -1.31. The predicted octanol–water partition coefficient (Wildman–Crippen LogP) is 1.42. The molecule has 6 nitrogen and oxygen atoms in total. The summed E-state index contributed by atoms with van der Waals surface area (Å²) >= 11 is 0. The van der Waals surface area contributed by atoms with Crippen molar-refractivity contribution >= 4 is 17.6 Å². The number of benzene rings is 1. The van der Waals surface area contributed by atoms with Crippen LogP contribution in [0.25, 0.3) is 0 Å². The second kappa shape index (κ2) is 7.09. The molecular formula is C18H23FN2O4. The van der Waals surface area contributed by atoms with Crippen molar-refractivity contribution in [1.82, 2.24) is 5.32 Å². The average Bonchev–Trinajstić information content (AvgIpc) is 3.22. The quantitative estimate of drug-likeness (QED) is 0.786. The molecule has 1 unspecified atom stereocenters. The minimum absolute atomic E-state index is 0.244. The van der Waals surface area contributed by atoms with E-state index in [0.717, 1.165) is 5.56 Å². The van der Waals surface area contributed by atoms with Crippen LogP contribution in [0.1, 0.15) is 24.5 Å². The van der Waals surface area contributed by atoms with E-state index < -0.39 is 11.4 Å². The van der Waals surface area contributed by atoms with Gasteiger partial charge in [-0.15, -0.1) is 0 Å². The van der Waals surface area contributed by atoms with Gasteiger partial charge in [0.05, 0.1) is 19.1 Å². The van der Waals surface area contributed by atoms with Gasteiger partial charge in [-0.25, -0.2) is 4.39 Å². The summed E-state index contributed by atoms with van der Waals surface area (Å²) in [4.78, 5) is 24.5. The molecule has 1 aliphatic carbocycles. The van der Waals surface area contributed by atoms with Crippen molar-refractivity contribution in [1.29, 1.82) is 0 Å². The third-order valence-electron chi connectivity index (χ3n) is 5.02. The van der Waals surface area contributed by atoms with Crippen molar-refractivity contribution in [3.05, 3.63) is 29.1 Å². The fraction of sp³-hybridized carbons (Fsp3) is 0.556. The molecule has 0 saturated carbocycles. The van der Waals surface area contributed by atoms with Crippen molar-refractivity contribution in [2.24, 2.45) is 5.92 Å². The molecule has 1 aromatic rings. The molecule has 1 fully saturated rings. The number of ether oxygens (including phenoxy) is 2.